The van der Waals surface area contributed by atoms with Crippen LogP contribution in [0.5, 0.6) is 0 Å². The number of nitrogens with one attached hydrogen (secondary N) is 1. The van der Waals surface area contributed by atoms with Crippen LogP contribution >= 0.6 is 11.6 Å². The molecule has 1 atom stereocenters. The Labute approximate surface area is 221 Å². The number of nitrogens with zero attached hydrogens (tertiary/aromatic N) is 2. The Morgan fingerprint density at radius 1 is 1.03 bits per heavy atom. The molecule has 0 saturated heterocycles. The lowest BCUT2D eigenvalue weighted by molar-refractivity contribution is -0.139. The predicted octanol–water partition coefficient (Wildman–Crippen LogP) is 4.54. The molecule has 3 aromatic carbocycles. The SMILES string of the molecule is CCNC(=O)[C@@H](C)N(Cc1ccccc1C)C(=O)CN(c1ccc(F)c(Cl)c1)S(=O)(=O)c1ccccc1. The Kier molecular flexibility index (Phi) is 9.29. The van der Waals surface area contributed by atoms with Crippen LogP contribution in [0.3, 0.4) is 0 Å². The van der Waals surface area contributed by atoms with Gasteiger partial charge < -0.3 is 10.2 Å². The summed E-state index contributed by atoms with van der Waals surface area (Å²) in [5.74, 6) is -1.70. The summed E-state index contributed by atoms with van der Waals surface area (Å²) in [6, 6.07) is 17.6. The van der Waals surface area contributed by atoms with Gasteiger partial charge in [-0.3, -0.25) is 13.9 Å². The molecule has 0 fully saturated rings. The second kappa shape index (κ2) is 12.2. The van der Waals surface area contributed by atoms with Crippen molar-refractivity contribution in [1.82, 2.24) is 10.2 Å². The van der Waals surface area contributed by atoms with E-state index in [1.54, 1.807) is 32.0 Å². The number of hydrogen-bond donors (Lipinski definition) is 1. The standard InChI is InChI=1S/C27H29ClFN3O4S/c1-4-30-27(34)20(3)31(17-21-11-9-8-10-19(21)2)26(33)18-32(22-14-15-25(29)24(28)16-22)37(35,36)23-12-6-5-7-13-23/h5-16,20H,4,17-18H2,1-3H3,(H,30,34)/t20-/m1/s1. The third-order valence-electron chi connectivity index (χ3n) is 5.92. The third kappa shape index (κ3) is 6.67. The molecule has 0 heterocycles. The van der Waals surface area contributed by atoms with E-state index in [4.69, 9.17) is 11.6 Å². The first-order valence-electron chi connectivity index (χ1n) is 11.7. The highest BCUT2D eigenvalue weighted by atomic mass is 35.5. The maximum absolute atomic E-state index is 13.9. The summed E-state index contributed by atoms with van der Waals surface area (Å²) in [6.07, 6.45) is 0. The van der Waals surface area contributed by atoms with Crippen LogP contribution in [-0.2, 0) is 26.2 Å². The monoisotopic (exact) mass is 545 g/mol. The van der Waals surface area contributed by atoms with Crippen molar-refractivity contribution in [3.63, 3.8) is 0 Å². The van der Waals surface area contributed by atoms with E-state index in [1.165, 1.54) is 23.1 Å². The number of halogens is 2. The van der Waals surface area contributed by atoms with Crippen molar-refractivity contribution < 1.29 is 22.4 Å². The molecule has 1 N–H and O–H groups in total. The van der Waals surface area contributed by atoms with Gasteiger partial charge in [0.05, 0.1) is 15.6 Å². The number of carbonyl (C=O) groups is 2. The minimum atomic E-state index is -4.25. The van der Waals surface area contributed by atoms with Gasteiger partial charge in [0.25, 0.3) is 10.0 Å². The Balaban J connectivity index is 2.05. The van der Waals surface area contributed by atoms with Gasteiger partial charge in [-0.15, -0.1) is 0 Å². The summed E-state index contributed by atoms with van der Waals surface area (Å²) in [5.41, 5.74) is 1.75. The molecular weight excluding hydrogens is 517 g/mol. The summed E-state index contributed by atoms with van der Waals surface area (Å²) in [4.78, 5) is 27.8. The lowest BCUT2D eigenvalue weighted by atomic mass is 10.1. The highest BCUT2D eigenvalue weighted by molar-refractivity contribution is 7.92. The Morgan fingerprint density at radius 2 is 1.68 bits per heavy atom. The van der Waals surface area contributed by atoms with Gasteiger partial charge in [0, 0.05) is 13.1 Å². The van der Waals surface area contributed by atoms with Crippen LogP contribution in [0.2, 0.25) is 5.02 Å². The van der Waals surface area contributed by atoms with Gasteiger partial charge >= 0.3 is 0 Å². The third-order valence-corrected chi connectivity index (χ3v) is 8.00. The van der Waals surface area contributed by atoms with Crippen molar-refractivity contribution in [2.45, 2.75) is 38.3 Å². The lowest BCUT2D eigenvalue weighted by Gasteiger charge is -2.32. The zero-order valence-corrected chi connectivity index (χ0v) is 22.4. The number of carbonyl (C=O) groups excluding carboxylic acids is 2. The van der Waals surface area contributed by atoms with Crippen LogP contribution < -0.4 is 9.62 Å². The number of sulfonamides is 1. The number of amides is 2. The minimum absolute atomic E-state index is 0.0186. The van der Waals surface area contributed by atoms with E-state index in [-0.39, 0.29) is 28.1 Å². The number of hydrogen-bond acceptors (Lipinski definition) is 4. The van der Waals surface area contributed by atoms with Crippen molar-refractivity contribution in [3.8, 4) is 0 Å². The van der Waals surface area contributed by atoms with Crippen LogP contribution in [0.25, 0.3) is 0 Å². The van der Waals surface area contributed by atoms with Crippen molar-refractivity contribution >= 4 is 39.1 Å². The van der Waals surface area contributed by atoms with Crippen LogP contribution in [0.15, 0.2) is 77.7 Å². The van der Waals surface area contributed by atoms with Crippen LogP contribution in [-0.4, -0.2) is 44.3 Å². The van der Waals surface area contributed by atoms with Crippen LogP contribution in [0.1, 0.15) is 25.0 Å². The van der Waals surface area contributed by atoms with Crippen molar-refractivity contribution in [1.29, 1.82) is 0 Å². The van der Waals surface area contributed by atoms with E-state index in [0.29, 0.717) is 6.54 Å². The van der Waals surface area contributed by atoms with Crippen molar-refractivity contribution in [2.24, 2.45) is 0 Å². The molecule has 37 heavy (non-hydrogen) atoms. The zero-order chi connectivity index (χ0) is 27.2. The summed E-state index contributed by atoms with van der Waals surface area (Å²) in [7, 11) is -4.25. The van der Waals surface area contributed by atoms with Gasteiger partial charge in [-0.05, 0) is 62.2 Å². The maximum atomic E-state index is 13.9. The normalized spacial score (nSPS) is 12.0. The van der Waals surface area contributed by atoms with Gasteiger partial charge in [0.2, 0.25) is 11.8 Å². The van der Waals surface area contributed by atoms with Crippen molar-refractivity contribution in [2.75, 3.05) is 17.4 Å². The van der Waals surface area contributed by atoms with Gasteiger partial charge in [-0.2, -0.15) is 0 Å². The molecule has 0 aliphatic carbocycles. The molecule has 0 saturated carbocycles. The molecule has 0 radical (unpaired) electrons. The smallest absolute Gasteiger partial charge is 0.264 e. The first-order chi connectivity index (χ1) is 17.6. The van der Waals surface area contributed by atoms with Gasteiger partial charge in [-0.25, -0.2) is 12.8 Å². The van der Waals surface area contributed by atoms with Gasteiger partial charge in [0.1, 0.15) is 18.4 Å². The molecule has 0 unspecified atom stereocenters. The first-order valence-corrected chi connectivity index (χ1v) is 13.5. The quantitative estimate of drug-likeness (QED) is 0.405. The summed E-state index contributed by atoms with van der Waals surface area (Å²) >= 11 is 5.96. The number of likely N-dealkylation sites (N-methyl/N-ethyl adjacent to an activating group) is 1. The molecule has 2 amide bonds. The van der Waals surface area contributed by atoms with Crippen molar-refractivity contribution in [3.05, 3.63) is 94.8 Å². The van der Waals surface area contributed by atoms with E-state index in [9.17, 15) is 22.4 Å². The number of benzene rings is 3. The van der Waals surface area contributed by atoms with Gasteiger partial charge in [0.15, 0.2) is 0 Å². The van der Waals surface area contributed by atoms with E-state index < -0.39 is 34.3 Å². The highest BCUT2D eigenvalue weighted by Gasteiger charge is 2.32. The summed E-state index contributed by atoms with van der Waals surface area (Å²) in [5, 5.41) is 2.43. The second-order valence-electron chi connectivity index (χ2n) is 8.44. The Bertz CT molecular complexity index is 1370. The number of rotatable bonds is 10. The van der Waals surface area contributed by atoms with E-state index in [0.717, 1.165) is 27.6 Å². The average molecular weight is 546 g/mol. The molecule has 0 aliphatic rings. The van der Waals surface area contributed by atoms with E-state index in [2.05, 4.69) is 5.32 Å². The fourth-order valence-electron chi connectivity index (χ4n) is 3.76. The Morgan fingerprint density at radius 3 is 2.30 bits per heavy atom. The molecule has 3 rings (SSSR count). The summed E-state index contributed by atoms with van der Waals surface area (Å²) < 4.78 is 42.1. The number of anilines is 1. The summed E-state index contributed by atoms with van der Waals surface area (Å²) in [6.45, 7) is 5.08. The molecule has 10 heteroatoms. The fourth-order valence-corrected chi connectivity index (χ4v) is 5.37. The molecule has 3 aromatic rings. The highest BCUT2D eigenvalue weighted by Crippen LogP contribution is 2.28. The zero-order valence-electron chi connectivity index (χ0n) is 20.8. The predicted molar refractivity (Wildman–Crippen MR) is 142 cm³/mol. The minimum Gasteiger partial charge on any atom is -0.355 e. The first kappa shape index (κ1) is 28.1. The molecule has 0 aromatic heterocycles. The largest absolute Gasteiger partial charge is 0.355 e. The van der Waals surface area contributed by atoms with E-state index in [1.807, 2.05) is 31.2 Å². The maximum Gasteiger partial charge on any atom is 0.264 e. The molecular formula is C27H29ClFN3O4S. The van der Waals surface area contributed by atoms with Crippen LogP contribution in [0, 0.1) is 12.7 Å². The average Bonchev–Trinajstić information content (AvgIpc) is 2.88. The number of aryl methyl sites for hydroxylation is 1. The van der Waals surface area contributed by atoms with Crippen LogP contribution in [0.4, 0.5) is 10.1 Å². The molecule has 0 spiro atoms. The molecule has 0 bridgehead atoms. The molecule has 0 aliphatic heterocycles. The van der Waals surface area contributed by atoms with Gasteiger partial charge in [-0.1, -0.05) is 54.1 Å². The van der Waals surface area contributed by atoms with E-state index >= 15 is 0 Å². The lowest BCUT2D eigenvalue weighted by Crippen LogP contribution is -2.51. The second-order valence-corrected chi connectivity index (χ2v) is 10.7. The molecule has 7 nitrogen and oxygen atoms in total. The molecule has 196 valence electrons. The fraction of sp³-hybridized carbons (Fsp3) is 0.259. The Hall–Kier alpha value is -3.43. The topological polar surface area (TPSA) is 86.8 Å².